The highest BCUT2D eigenvalue weighted by Crippen LogP contribution is 2.42. The fourth-order valence-electron chi connectivity index (χ4n) is 4.62. The van der Waals surface area contributed by atoms with Crippen molar-refractivity contribution in [2.75, 3.05) is 31.9 Å². The second kappa shape index (κ2) is 6.69. The number of piperazine rings is 1. The molecule has 2 N–H and O–H groups in total. The summed E-state index contributed by atoms with van der Waals surface area (Å²) in [6, 6.07) is 0.277. The summed E-state index contributed by atoms with van der Waals surface area (Å²) in [5.41, 5.74) is 6.31. The van der Waals surface area contributed by atoms with E-state index in [4.69, 9.17) is 5.73 Å². The lowest BCUT2D eigenvalue weighted by Crippen LogP contribution is -2.54. The van der Waals surface area contributed by atoms with Crippen LogP contribution in [0.2, 0.25) is 0 Å². The Morgan fingerprint density at radius 1 is 1.09 bits per heavy atom. The van der Waals surface area contributed by atoms with Crippen LogP contribution in [0.5, 0.6) is 0 Å². The Morgan fingerprint density at radius 3 is 2.17 bits per heavy atom. The molecule has 0 aromatic heterocycles. The Hall–Kier alpha value is -0.660. The Labute approximate surface area is 139 Å². The van der Waals surface area contributed by atoms with E-state index in [-0.39, 0.29) is 23.6 Å². The zero-order valence-corrected chi connectivity index (χ0v) is 14.8. The first-order chi connectivity index (χ1) is 10.9. The number of sulfonamides is 1. The lowest BCUT2D eigenvalue weighted by Gasteiger charge is -2.45. The van der Waals surface area contributed by atoms with Gasteiger partial charge < -0.3 is 10.6 Å². The van der Waals surface area contributed by atoms with Crippen molar-refractivity contribution in [2.45, 2.75) is 45.1 Å². The predicted molar refractivity (Wildman–Crippen MR) is 89.1 cm³/mol. The van der Waals surface area contributed by atoms with Crippen molar-refractivity contribution >= 4 is 15.9 Å². The third-order valence-electron chi connectivity index (χ3n) is 6.07. The summed E-state index contributed by atoms with van der Waals surface area (Å²) < 4.78 is 25.3. The fraction of sp³-hybridized carbons (Fsp3) is 0.938. The van der Waals surface area contributed by atoms with E-state index in [0.29, 0.717) is 38.0 Å². The minimum Gasteiger partial charge on any atom is -0.340 e. The molecule has 1 saturated heterocycles. The summed E-state index contributed by atoms with van der Waals surface area (Å²) in [6.07, 6.45) is 5.40. The van der Waals surface area contributed by atoms with Crippen LogP contribution >= 0.6 is 0 Å². The Balaban J connectivity index is 1.58. The standard InChI is InChI=1S/C16H29N3O3S/c1-2-23(21,22)19-8-6-18(7-9-19)16(20)14-10-12-4-3-5-13(11-14)15(12)17/h12-15H,2-11,17H2,1H3. The quantitative estimate of drug-likeness (QED) is 0.815. The summed E-state index contributed by atoms with van der Waals surface area (Å²) in [5.74, 6) is 1.45. The maximum Gasteiger partial charge on any atom is 0.225 e. The molecule has 0 aromatic carbocycles. The van der Waals surface area contributed by atoms with Gasteiger partial charge in [0.05, 0.1) is 5.75 Å². The van der Waals surface area contributed by atoms with Gasteiger partial charge in [-0.05, 0) is 44.4 Å². The second-order valence-corrected chi connectivity index (χ2v) is 9.58. The van der Waals surface area contributed by atoms with E-state index < -0.39 is 10.0 Å². The fourth-order valence-corrected chi connectivity index (χ4v) is 5.70. The van der Waals surface area contributed by atoms with Gasteiger partial charge in [-0.25, -0.2) is 8.42 Å². The first-order valence-electron chi connectivity index (χ1n) is 8.94. The minimum absolute atomic E-state index is 0.0967. The monoisotopic (exact) mass is 343 g/mol. The van der Waals surface area contributed by atoms with Gasteiger partial charge in [0.2, 0.25) is 15.9 Å². The van der Waals surface area contributed by atoms with Crippen molar-refractivity contribution in [1.29, 1.82) is 0 Å². The zero-order valence-electron chi connectivity index (χ0n) is 14.0. The maximum absolute atomic E-state index is 12.8. The molecule has 0 radical (unpaired) electrons. The van der Waals surface area contributed by atoms with Crippen molar-refractivity contribution in [3.63, 3.8) is 0 Å². The largest absolute Gasteiger partial charge is 0.340 e. The SMILES string of the molecule is CCS(=O)(=O)N1CCN(C(=O)C2CC3CCCC(C2)C3N)CC1. The van der Waals surface area contributed by atoms with Crippen LogP contribution in [0.25, 0.3) is 0 Å². The number of nitrogens with two attached hydrogens (primary N) is 1. The van der Waals surface area contributed by atoms with Crippen molar-refractivity contribution in [3.05, 3.63) is 0 Å². The van der Waals surface area contributed by atoms with Gasteiger partial charge in [0.1, 0.15) is 0 Å². The average Bonchev–Trinajstić information content (AvgIpc) is 2.54. The molecule has 6 nitrogen and oxygen atoms in total. The van der Waals surface area contributed by atoms with Crippen molar-refractivity contribution < 1.29 is 13.2 Å². The van der Waals surface area contributed by atoms with Crippen molar-refractivity contribution in [3.8, 4) is 0 Å². The van der Waals surface area contributed by atoms with Crippen LogP contribution in [0, 0.1) is 17.8 Å². The smallest absolute Gasteiger partial charge is 0.225 e. The zero-order chi connectivity index (χ0) is 16.6. The highest BCUT2D eigenvalue weighted by Gasteiger charge is 2.42. The Morgan fingerprint density at radius 2 is 1.65 bits per heavy atom. The van der Waals surface area contributed by atoms with Crippen LogP contribution in [0.3, 0.4) is 0 Å². The maximum atomic E-state index is 12.8. The third-order valence-corrected chi connectivity index (χ3v) is 7.95. The van der Waals surface area contributed by atoms with Crippen LogP contribution in [0.15, 0.2) is 0 Å². The highest BCUT2D eigenvalue weighted by molar-refractivity contribution is 7.89. The lowest BCUT2D eigenvalue weighted by atomic mass is 9.65. The number of amides is 1. The lowest BCUT2D eigenvalue weighted by molar-refractivity contribution is -0.139. The molecule has 1 amide bonds. The molecule has 2 bridgehead atoms. The molecular weight excluding hydrogens is 314 g/mol. The van der Waals surface area contributed by atoms with Crippen molar-refractivity contribution in [2.24, 2.45) is 23.5 Å². The normalized spacial score (nSPS) is 36.0. The third kappa shape index (κ3) is 3.42. The molecule has 132 valence electrons. The number of hydrogen-bond acceptors (Lipinski definition) is 4. The van der Waals surface area contributed by atoms with Gasteiger partial charge in [-0.2, -0.15) is 4.31 Å². The van der Waals surface area contributed by atoms with Crippen LogP contribution < -0.4 is 5.73 Å². The summed E-state index contributed by atoms with van der Waals surface area (Å²) in [7, 11) is -3.14. The first kappa shape index (κ1) is 17.2. The van der Waals surface area contributed by atoms with Gasteiger partial charge in [-0.1, -0.05) is 6.42 Å². The molecule has 23 heavy (non-hydrogen) atoms. The molecule has 0 aromatic rings. The molecule has 1 heterocycles. The molecule has 7 heteroatoms. The Bertz CT molecular complexity index is 529. The van der Waals surface area contributed by atoms with Crippen LogP contribution in [-0.2, 0) is 14.8 Å². The molecule has 3 aliphatic rings. The minimum atomic E-state index is -3.14. The van der Waals surface area contributed by atoms with E-state index in [1.54, 1.807) is 6.92 Å². The van der Waals surface area contributed by atoms with E-state index in [0.717, 1.165) is 25.7 Å². The molecule has 3 fully saturated rings. The topological polar surface area (TPSA) is 83.7 Å². The summed E-state index contributed by atoms with van der Waals surface area (Å²) in [6.45, 7) is 3.57. The second-order valence-electron chi connectivity index (χ2n) is 7.32. The van der Waals surface area contributed by atoms with Gasteiger partial charge in [-0.3, -0.25) is 4.79 Å². The summed E-state index contributed by atoms with van der Waals surface area (Å²) >= 11 is 0. The summed E-state index contributed by atoms with van der Waals surface area (Å²) in [5, 5.41) is 0. The van der Waals surface area contributed by atoms with E-state index in [1.165, 1.54) is 10.7 Å². The van der Waals surface area contributed by atoms with Crippen molar-refractivity contribution in [1.82, 2.24) is 9.21 Å². The number of hydrogen-bond donors (Lipinski definition) is 1. The van der Waals surface area contributed by atoms with Gasteiger partial charge in [0.25, 0.3) is 0 Å². The summed E-state index contributed by atoms with van der Waals surface area (Å²) in [4.78, 5) is 14.7. The highest BCUT2D eigenvalue weighted by atomic mass is 32.2. The molecule has 1 aliphatic heterocycles. The van der Waals surface area contributed by atoms with Gasteiger partial charge in [0.15, 0.2) is 0 Å². The first-order valence-corrected chi connectivity index (χ1v) is 10.6. The van der Waals surface area contributed by atoms with E-state index in [1.807, 2.05) is 4.90 Å². The van der Waals surface area contributed by atoms with Gasteiger partial charge >= 0.3 is 0 Å². The average molecular weight is 343 g/mol. The molecule has 2 atom stereocenters. The molecule has 2 unspecified atom stereocenters. The molecule has 2 saturated carbocycles. The number of rotatable bonds is 3. The Kier molecular flexibility index (Phi) is 4.99. The number of nitrogens with zero attached hydrogens (tertiary/aromatic N) is 2. The van der Waals surface area contributed by atoms with Gasteiger partial charge in [0, 0.05) is 38.1 Å². The molecule has 2 aliphatic carbocycles. The van der Waals surface area contributed by atoms with E-state index in [2.05, 4.69) is 0 Å². The van der Waals surface area contributed by atoms with Crippen LogP contribution in [-0.4, -0.2) is 61.5 Å². The van der Waals surface area contributed by atoms with Gasteiger partial charge in [-0.15, -0.1) is 0 Å². The predicted octanol–water partition coefficient (Wildman–Crippen LogP) is 0.634. The van der Waals surface area contributed by atoms with E-state index >= 15 is 0 Å². The van der Waals surface area contributed by atoms with Crippen LogP contribution in [0.4, 0.5) is 0 Å². The number of carbonyl (C=O) groups is 1. The molecule has 3 rings (SSSR count). The molecule has 0 spiro atoms. The number of fused-ring (bicyclic) bond motifs is 2. The molecular formula is C16H29N3O3S. The number of carbonyl (C=O) groups excluding carboxylic acids is 1. The van der Waals surface area contributed by atoms with Crippen LogP contribution in [0.1, 0.15) is 39.0 Å². The van der Waals surface area contributed by atoms with E-state index in [9.17, 15) is 13.2 Å².